The Bertz CT molecular complexity index is 1200. The molecule has 0 fully saturated rings. The van der Waals surface area contributed by atoms with E-state index in [4.69, 9.17) is 29.5 Å². The molecule has 0 saturated carbocycles. The fraction of sp³-hybridized carbons (Fsp3) is 0.346. The Balaban J connectivity index is 0.00000137. The summed E-state index contributed by atoms with van der Waals surface area (Å²) in [7, 11) is 1.57. The molecule has 1 amide bonds. The summed E-state index contributed by atoms with van der Waals surface area (Å²) in [5.74, 6) is 1.55. The van der Waals surface area contributed by atoms with Gasteiger partial charge in [0.15, 0.2) is 11.5 Å². The lowest BCUT2D eigenvalue weighted by molar-refractivity contribution is -0.191. The number of fused-ring (bicyclic) bond motifs is 1. The lowest BCUT2D eigenvalue weighted by Crippen LogP contribution is -2.47. The van der Waals surface area contributed by atoms with E-state index in [-0.39, 0.29) is 18.7 Å². The number of nitrogen functional groups attached to an aromatic ring is 1. The zero-order chi connectivity index (χ0) is 26.0. The van der Waals surface area contributed by atoms with Crippen LogP contribution in [-0.4, -0.2) is 42.9 Å². The van der Waals surface area contributed by atoms with Crippen molar-refractivity contribution in [1.29, 1.82) is 0 Å². The van der Waals surface area contributed by atoms with Gasteiger partial charge in [0.05, 0.1) is 30.2 Å². The van der Waals surface area contributed by atoms with E-state index < -0.39 is 5.54 Å². The molecule has 1 aromatic heterocycles. The molecule has 9 nitrogen and oxygen atoms in total. The van der Waals surface area contributed by atoms with Gasteiger partial charge in [0.1, 0.15) is 12.4 Å². The average molecular weight is 482 g/mol. The Kier molecular flexibility index (Phi) is 9.61. The number of benzene rings is 2. The molecule has 9 heteroatoms. The predicted molar refractivity (Wildman–Crippen MR) is 132 cm³/mol. The lowest BCUT2D eigenvalue weighted by atomic mass is 10.1. The largest absolute Gasteiger partial charge is 0.493 e. The zero-order valence-corrected chi connectivity index (χ0v) is 20.6. The first kappa shape index (κ1) is 27.1. The minimum Gasteiger partial charge on any atom is -0.493 e. The van der Waals surface area contributed by atoms with Gasteiger partial charge in [-0.3, -0.25) is 9.78 Å². The van der Waals surface area contributed by atoms with E-state index in [9.17, 15) is 4.79 Å². The molecule has 0 atom stereocenters. The van der Waals surface area contributed by atoms with Gasteiger partial charge in [-0.05, 0) is 63.6 Å². The van der Waals surface area contributed by atoms with Crippen LogP contribution in [-0.2, 0) is 9.59 Å². The minimum atomic E-state index is -0.642. The van der Waals surface area contributed by atoms with Crippen LogP contribution in [0.25, 0.3) is 10.9 Å². The normalized spacial score (nSPS) is 10.5. The number of nitrogens with zero attached hydrogens (tertiary/aromatic N) is 1. The van der Waals surface area contributed by atoms with Crippen LogP contribution in [0, 0.1) is 6.92 Å². The number of rotatable bonds is 9. The number of ether oxygens (including phenoxy) is 3. The second-order valence-corrected chi connectivity index (χ2v) is 8.43. The third-order valence-corrected chi connectivity index (χ3v) is 4.88. The van der Waals surface area contributed by atoms with Crippen LogP contribution in [0.1, 0.15) is 43.2 Å². The van der Waals surface area contributed by atoms with Crippen molar-refractivity contribution in [2.45, 2.75) is 39.7 Å². The number of carbonyl (C=O) groups excluding carboxylic acids is 3. The highest BCUT2D eigenvalue weighted by molar-refractivity contribution is 5.96. The van der Waals surface area contributed by atoms with Crippen molar-refractivity contribution >= 4 is 28.6 Å². The molecule has 2 aromatic carbocycles. The number of aryl methyl sites for hydroxylation is 1. The number of carbonyl (C=O) groups is 1. The smallest absolute Gasteiger partial charge is 0.373 e. The third-order valence-electron chi connectivity index (χ3n) is 4.88. The molecular weight excluding hydrogens is 450 g/mol. The molecule has 35 heavy (non-hydrogen) atoms. The van der Waals surface area contributed by atoms with Crippen molar-refractivity contribution in [3.05, 3.63) is 53.7 Å². The quantitative estimate of drug-likeness (QED) is 0.470. The number of aromatic nitrogens is 1. The number of hydrogen-bond acceptors (Lipinski definition) is 8. The summed E-state index contributed by atoms with van der Waals surface area (Å²) in [5.41, 5.74) is 8.30. The maximum Gasteiger partial charge on any atom is 0.373 e. The zero-order valence-electron chi connectivity index (χ0n) is 20.6. The molecular formula is C26H31N3O6. The average Bonchev–Trinajstić information content (AvgIpc) is 2.81. The van der Waals surface area contributed by atoms with Gasteiger partial charge in [-0.25, -0.2) is 0 Å². The maximum atomic E-state index is 12.9. The highest BCUT2D eigenvalue weighted by atomic mass is 16.5. The Labute approximate surface area is 204 Å². The van der Waals surface area contributed by atoms with Crippen molar-refractivity contribution < 1.29 is 28.6 Å². The Hall–Kier alpha value is -4.10. The molecule has 186 valence electrons. The number of methoxy groups -OCH3 is 1. The van der Waals surface area contributed by atoms with Crippen LogP contribution in [0.3, 0.4) is 0 Å². The monoisotopic (exact) mass is 481 g/mol. The molecule has 3 aromatic rings. The van der Waals surface area contributed by atoms with E-state index in [1.54, 1.807) is 25.3 Å². The van der Waals surface area contributed by atoms with Crippen LogP contribution in [0.4, 0.5) is 5.69 Å². The highest BCUT2D eigenvalue weighted by Crippen LogP contribution is 2.31. The second-order valence-electron chi connectivity index (χ2n) is 8.43. The number of anilines is 1. The molecule has 0 bridgehead atoms. The number of nitrogens with two attached hydrogens (primary N) is 1. The highest BCUT2D eigenvalue weighted by Gasteiger charge is 2.24. The molecule has 0 aliphatic rings. The number of pyridine rings is 1. The fourth-order valence-corrected chi connectivity index (χ4v) is 3.36. The predicted octanol–water partition coefficient (Wildman–Crippen LogP) is 3.93. The molecule has 0 aliphatic heterocycles. The summed E-state index contributed by atoms with van der Waals surface area (Å²) in [5, 5.41) is 3.80. The van der Waals surface area contributed by atoms with Gasteiger partial charge in [-0.2, -0.15) is 9.59 Å². The summed E-state index contributed by atoms with van der Waals surface area (Å²) in [6.45, 7) is 8.52. The first-order valence-electron chi connectivity index (χ1n) is 11.1. The van der Waals surface area contributed by atoms with E-state index in [0.717, 1.165) is 23.0 Å². The third kappa shape index (κ3) is 7.45. The number of hydrogen-bond donors (Lipinski definition) is 2. The molecule has 3 N–H and O–H groups in total. The van der Waals surface area contributed by atoms with Gasteiger partial charge in [-0.1, -0.05) is 13.0 Å². The molecule has 0 unspecified atom stereocenters. The fourth-order valence-electron chi connectivity index (χ4n) is 3.36. The van der Waals surface area contributed by atoms with E-state index in [2.05, 4.69) is 10.3 Å². The van der Waals surface area contributed by atoms with E-state index in [0.29, 0.717) is 35.1 Å². The van der Waals surface area contributed by atoms with Crippen LogP contribution in [0.2, 0.25) is 0 Å². The van der Waals surface area contributed by atoms with Gasteiger partial charge >= 0.3 is 6.15 Å². The minimum absolute atomic E-state index is 0.225. The molecule has 0 saturated heterocycles. The van der Waals surface area contributed by atoms with Gasteiger partial charge in [-0.15, -0.1) is 0 Å². The van der Waals surface area contributed by atoms with E-state index in [1.807, 2.05) is 52.0 Å². The maximum absolute atomic E-state index is 12.9. The van der Waals surface area contributed by atoms with Gasteiger partial charge in [0, 0.05) is 16.9 Å². The number of amides is 1. The summed E-state index contributed by atoms with van der Waals surface area (Å²) in [4.78, 5) is 33.7. The molecule has 3 rings (SSSR count). The molecule has 0 spiro atoms. The van der Waals surface area contributed by atoms with Crippen molar-refractivity contribution in [2.75, 3.05) is 26.1 Å². The van der Waals surface area contributed by atoms with Crippen molar-refractivity contribution in [1.82, 2.24) is 10.3 Å². The van der Waals surface area contributed by atoms with Crippen molar-refractivity contribution in [3.63, 3.8) is 0 Å². The van der Waals surface area contributed by atoms with Crippen LogP contribution in [0.15, 0.2) is 42.5 Å². The lowest BCUT2D eigenvalue weighted by Gasteiger charge is -2.27. The van der Waals surface area contributed by atoms with Crippen LogP contribution in [0.5, 0.6) is 17.2 Å². The van der Waals surface area contributed by atoms with Crippen LogP contribution < -0.4 is 25.3 Å². The van der Waals surface area contributed by atoms with Gasteiger partial charge in [0.25, 0.3) is 5.91 Å². The number of nitrogens with one attached hydrogen (secondary N) is 1. The standard InChI is InChI=1S/C25H31N3O4.CO2/c1-6-12-31-22-14-17(10-11-20(22)30-5)24(29)28-25(3,4)15-32-21-9-7-8-19-23(21)18(26)13-16(2)27-19;2-1-3/h7-11,13-14H,6,12,15H2,1-5H3,(H2,26,27)(H,28,29);. The molecule has 0 aliphatic carbocycles. The van der Waals surface area contributed by atoms with Gasteiger partial charge in [0.2, 0.25) is 0 Å². The van der Waals surface area contributed by atoms with Crippen molar-refractivity contribution in [2.24, 2.45) is 0 Å². The van der Waals surface area contributed by atoms with Gasteiger partial charge < -0.3 is 25.3 Å². The first-order valence-corrected chi connectivity index (χ1v) is 11.1. The topological polar surface area (TPSA) is 130 Å². The Morgan fingerprint density at radius 3 is 2.46 bits per heavy atom. The van der Waals surface area contributed by atoms with E-state index in [1.165, 1.54) is 0 Å². The van der Waals surface area contributed by atoms with Crippen LogP contribution >= 0.6 is 0 Å². The van der Waals surface area contributed by atoms with Crippen molar-refractivity contribution in [3.8, 4) is 17.2 Å². The first-order chi connectivity index (χ1) is 16.6. The SMILES string of the molecule is CCCOc1cc(C(=O)NC(C)(C)COc2cccc3nc(C)cc(N)c23)ccc1OC.O=C=O. The summed E-state index contributed by atoms with van der Waals surface area (Å²) < 4.78 is 17.1. The summed E-state index contributed by atoms with van der Waals surface area (Å²) in [6.07, 6.45) is 1.11. The second kappa shape index (κ2) is 12.4. The summed E-state index contributed by atoms with van der Waals surface area (Å²) in [6, 6.07) is 12.6. The summed E-state index contributed by atoms with van der Waals surface area (Å²) >= 11 is 0. The molecule has 0 radical (unpaired) electrons. The molecule has 1 heterocycles. The Morgan fingerprint density at radius 2 is 1.80 bits per heavy atom. The van der Waals surface area contributed by atoms with E-state index >= 15 is 0 Å². The Morgan fingerprint density at radius 1 is 1.09 bits per heavy atom.